The lowest BCUT2D eigenvalue weighted by molar-refractivity contribution is 0.0117. The molecule has 0 atom stereocenters. The van der Waals surface area contributed by atoms with Gasteiger partial charge in [0, 0.05) is 19.3 Å². The van der Waals surface area contributed by atoms with Crippen molar-refractivity contribution >= 4 is 0 Å². The van der Waals surface area contributed by atoms with Crippen LogP contribution in [0.1, 0.15) is 38.2 Å². The third-order valence-electron chi connectivity index (χ3n) is 3.34. The molecule has 1 saturated heterocycles. The van der Waals surface area contributed by atoms with Crippen molar-refractivity contribution in [3.8, 4) is 0 Å². The van der Waals surface area contributed by atoms with Crippen molar-refractivity contribution in [2.24, 2.45) is 5.92 Å². The van der Waals surface area contributed by atoms with Gasteiger partial charge in [0.25, 0.3) is 0 Å². The molecular weight excluding hydrogens is 242 g/mol. The summed E-state index contributed by atoms with van der Waals surface area (Å²) in [6.07, 6.45) is 2.23. The second-order valence-electron chi connectivity index (χ2n) is 5.47. The third-order valence-corrected chi connectivity index (χ3v) is 3.34. The van der Waals surface area contributed by atoms with Gasteiger partial charge in [-0.1, -0.05) is 13.8 Å². The Bertz CT molecular complexity index is 356. The number of hydrogen-bond acceptors (Lipinski definition) is 4. The van der Waals surface area contributed by atoms with E-state index in [1.54, 1.807) is 0 Å². The second-order valence-corrected chi connectivity index (χ2v) is 5.47. The summed E-state index contributed by atoms with van der Waals surface area (Å²) in [7, 11) is 0. The topological polar surface area (TPSA) is 43.6 Å². The Balaban J connectivity index is 1.65. The Kier molecular flexibility index (Phi) is 5.89. The molecule has 1 N–H and O–H groups in total. The molecule has 4 heteroatoms. The highest BCUT2D eigenvalue weighted by Crippen LogP contribution is 2.16. The van der Waals surface area contributed by atoms with Gasteiger partial charge in [-0.25, -0.2) is 0 Å². The van der Waals surface area contributed by atoms with Crippen molar-refractivity contribution in [2.75, 3.05) is 19.8 Å². The minimum Gasteiger partial charge on any atom is -0.462 e. The Morgan fingerprint density at radius 2 is 2.00 bits per heavy atom. The first kappa shape index (κ1) is 14.6. The van der Waals surface area contributed by atoms with Gasteiger partial charge in [0.15, 0.2) is 0 Å². The van der Waals surface area contributed by atoms with Crippen molar-refractivity contribution < 1.29 is 13.9 Å². The van der Waals surface area contributed by atoms with E-state index < -0.39 is 0 Å². The van der Waals surface area contributed by atoms with E-state index in [0.717, 1.165) is 50.7 Å². The lowest BCUT2D eigenvalue weighted by Crippen LogP contribution is -2.21. The van der Waals surface area contributed by atoms with Crippen LogP contribution in [0.5, 0.6) is 0 Å². The molecule has 0 amide bonds. The molecule has 1 fully saturated rings. The highest BCUT2D eigenvalue weighted by atomic mass is 16.5. The normalized spacial score (nSPS) is 17.2. The van der Waals surface area contributed by atoms with Crippen molar-refractivity contribution in [1.29, 1.82) is 0 Å². The lowest BCUT2D eigenvalue weighted by atomic mass is 10.0. The van der Waals surface area contributed by atoms with E-state index in [-0.39, 0.29) is 0 Å². The maximum atomic E-state index is 5.73. The first-order valence-electron chi connectivity index (χ1n) is 7.20. The zero-order valence-corrected chi connectivity index (χ0v) is 12.0. The second kappa shape index (κ2) is 7.68. The van der Waals surface area contributed by atoms with Gasteiger partial charge in [0.1, 0.15) is 18.1 Å². The molecule has 0 bridgehead atoms. The van der Waals surface area contributed by atoms with Crippen LogP contribution < -0.4 is 5.32 Å². The minimum atomic E-state index is 0.471. The smallest absolute Gasteiger partial charge is 0.129 e. The highest BCUT2D eigenvalue weighted by molar-refractivity contribution is 5.06. The van der Waals surface area contributed by atoms with Crippen molar-refractivity contribution in [3.63, 3.8) is 0 Å². The third kappa shape index (κ3) is 5.35. The minimum absolute atomic E-state index is 0.471. The predicted molar refractivity (Wildman–Crippen MR) is 73.9 cm³/mol. The molecule has 2 heterocycles. The average Bonchev–Trinajstić information content (AvgIpc) is 2.86. The van der Waals surface area contributed by atoms with Crippen LogP contribution in [0.3, 0.4) is 0 Å². The Morgan fingerprint density at radius 1 is 1.26 bits per heavy atom. The quantitative estimate of drug-likeness (QED) is 0.825. The molecule has 2 rings (SSSR count). The Labute approximate surface area is 115 Å². The Morgan fingerprint density at radius 3 is 2.74 bits per heavy atom. The Hall–Kier alpha value is -0.840. The number of rotatable bonds is 7. The fraction of sp³-hybridized carbons (Fsp3) is 0.733. The summed E-state index contributed by atoms with van der Waals surface area (Å²) >= 11 is 0. The molecular formula is C15H25NO3. The SMILES string of the molecule is CC(C)NCc1ccc(COCC2CCOCC2)o1. The fourth-order valence-electron chi connectivity index (χ4n) is 2.14. The molecule has 0 spiro atoms. The van der Waals surface area contributed by atoms with E-state index in [4.69, 9.17) is 13.9 Å². The maximum absolute atomic E-state index is 5.73. The average molecular weight is 267 g/mol. The zero-order chi connectivity index (χ0) is 13.5. The fourth-order valence-corrected chi connectivity index (χ4v) is 2.14. The van der Waals surface area contributed by atoms with Crippen LogP contribution in [-0.2, 0) is 22.6 Å². The van der Waals surface area contributed by atoms with E-state index in [2.05, 4.69) is 19.2 Å². The van der Waals surface area contributed by atoms with E-state index in [9.17, 15) is 0 Å². The van der Waals surface area contributed by atoms with Gasteiger partial charge in [-0.15, -0.1) is 0 Å². The molecule has 0 aromatic carbocycles. The van der Waals surface area contributed by atoms with Gasteiger partial charge >= 0.3 is 0 Å². The summed E-state index contributed by atoms with van der Waals surface area (Å²) in [5.74, 6) is 2.52. The van der Waals surface area contributed by atoms with Crippen LogP contribution in [0, 0.1) is 5.92 Å². The van der Waals surface area contributed by atoms with E-state index in [0.29, 0.717) is 18.6 Å². The van der Waals surface area contributed by atoms with Crippen LogP contribution >= 0.6 is 0 Å². The van der Waals surface area contributed by atoms with Gasteiger partial charge < -0.3 is 19.2 Å². The van der Waals surface area contributed by atoms with Crippen molar-refractivity contribution in [3.05, 3.63) is 23.7 Å². The molecule has 108 valence electrons. The van der Waals surface area contributed by atoms with E-state index >= 15 is 0 Å². The van der Waals surface area contributed by atoms with Crippen LogP contribution in [-0.4, -0.2) is 25.9 Å². The molecule has 0 saturated carbocycles. The monoisotopic (exact) mass is 267 g/mol. The van der Waals surface area contributed by atoms with Gasteiger partial charge in [-0.05, 0) is 30.9 Å². The molecule has 1 aromatic rings. The standard InChI is InChI=1S/C15H25NO3/c1-12(2)16-9-14-3-4-15(19-14)11-18-10-13-5-7-17-8-6-13/h3-4,12-13,16H,5-11H2,1-2H3. The van der Waals surface area contributed by atoms with Crippen LogP contribution in [0.4, 0.5) is 0 Å². The van der Waals surface area contributed by atoms with E-state index in [1.807, 2.05) is 12.1 Å². The number of nitrogens with one attached hydrogen (secondary N) is 1. The van der Waals surface area contributed by atoms with Crippen LogP contribution in [0.25, 0.3) is 0 Å². The molecule has 1 aliphatic heterocycles. The molecule has 0 unspecified atom stereocenters. The van der Waals surface area contributed by atoms with Crippen molar-refractivity contribution in [1.82, 2.24) is 5.32 Å². The summed E-state index contributed by atoms with van der Waals surface area (Å²) in [6, 6.07) is 4.49. The summed E-state index contributed by atoms with van der Waals surface area (Å²) in [5, 5.41) is 3.33. The molecule has 0 aliphatic carbocycles. The van der Waals surface area contributed by atoms with Gasteiger partial charge in [0.05, 0.1) is 13.2 Å². The predicted octanol–water partition coefficient (Wildman–Crippen LogP) is 2.72. The molecule has 4 nitrogen and oxygen atoms in total. The van der Waals surface area contributed by atoms with Crippen LogP contribution in [0.15, 0.2) is 16.5 Å². The zero-order valence-electron chi connectivity index (χ0n) is 12.0. The molecule has 1 aromatic heterocycles. The lowest BCUT2D eigenvalue weighted by Gasteiger charge is -2.21. The summed E-state index contributed by atoms with van der Waals surface area (Å²) in [6.45, 7) is 8.15. The van der Waals surface area contributed by atoms with Gasteiger partial charge in [-0.3, -0.25) is 0 Å². The number of ether oxygens (including phenoxy) is 2. The van der Waals surface area contributed by atoms with Gasteiger partial charge in [0.2, 0.25) is 0 Å². The largest absolute Gasteiger partial charge is 0.462 e. The van der Waals surface area contributed by atoms with Crippen molar-refractivity contribution in [2.45, 2.75) is 45.9 Å². The summed E-state index contributed by atoms with van der Waals surface area (Å²) in [5.41, 5.74) is 0. The maximum Gasteiger partial charge on any atom is 0.129 e. The number of furan rings is 1. The molecule has 1 aliphatic rings. The van der Waals surface area contributed by atoms with Gasteiger partial charge in [-0.2, -0.15) is 0 Å². The number of hydrogen-bond donors (Lipinski definition) is 1. The van der Waals surface area contributed by atoms with Crippen LogP contribution in [0.2, 0.25) is 0 Å². The molecule has 19 heavy (non-hydrogen) atoms. The summed E-state index contributed by atoms with van der Waals surface area (Å²) in [4.78, 5) is 0. The highest BCUT2D eigenvalue weighted by Gasteiger charge is 2.14. The first-order chi connectivity index (χ1) is 9.24. The summed E-state index contributed by atoms with van der Waals surface area (Å²) < 4.78 is 16.8. The van der Waals surface area contributed by atoms with E-state index in [1.165, 1.54) is 0 Å². The molecule has 0 radical (unpaired) electrons. The first-order valence-corrected chi connectivity index (χ1v) is 7.20.